The van der Waals surface area contributed by atoms with Crippen LogP contribution in [0.2, 0.25) is 0 Å². The molecule has 0 bridgehead atoms. The van der Waals surface area contributed by atoms with Crippen LogP contribution in [0.25, 0.3) is 0 Å². The fourth-order valence-corrected chi connectivity index (χ4v) is 3.29. The van der Waals surface area contributed by atoms with Gasteiger partial charge in [-0.2, -0.15) is 0 Å². The molecule has 0 amide bonds. The number of hydrogen-bond acceptors (Lipinski definition) is 2. The van der Waals surface area contributed by atoms with Crippen molar-refractivity contribution in [2.75, 3.05) is 13.2 Å². The number of ether oxygens (including phenoxy) is 1. The molecule has 3 aromatic carbocycles. The zero-order valence-electron chi connectivity index (χ0n) is 16.1. The molecule has 4 heteroatoms. The summed E-state index contributed by atoms with van der Waals surface area (Å²) in [5, 5.41) is 7.45. The van der Waals surface area contributed by atoms with Crippen molar-refractivity contribution in [3.05, 3.63) is 102 Å². The second-order valence-electron chi connectivity index (χ2n) is 6.48. The van der Waals surface area contributed by atoms with Gasteiger partial charge in [0, 0.05) is 6.54 Å². The van der Waals surface area contributed by atoms with E-state index in [0.717, 1.165) is 18.7 Å². The summed E-state index contributed by atoms with van der Waals surface area (Å²) in [6, 6.07) is 29.0. The number of rotatable bonds is 8. The van der Waals surface area contributed by atoms with E-state index < -0.39 is 0 Å². The van der Waals surface area contributed by atoms with Crippen LogP contribution in [-0.2, 0) is 6.42 Å². The minimum absolute atomic E-state index is 0.0212. The molecule has 0 aliphatic carbocycles. The van der Waals surface area contributed by atoms with Crippen molar-refractivity contribution in [1.29, 1.82) is 0 Å². The molecule has 3 nitrogen and oxygen atoms in total. The summed E-state index contributed by atoms with van der Waals surface area (Å²) in [4.78, 5) is 0. The summed E-state index contributed by atoms with van der Waals surface area (Å²) in [7, 11) is 0. The van der Waals surface area contributed by atoms with E-state index in [2.05, 4.69) is 71.3 Å². The van der Waals surface area contributed by atoms with Gasteiger partial charge in [-0.1, -0.05) is 72.8 Å². The van der Waals surface area contributed by atoms with Gasteiger partial charge in [0.15, 0.2) is 5.11 Å². The lowest BCUT2D eigenvalue weighted by Crippen LogP contribution is -2.39. The van der Waals surface area contributed by atoms with Crippen LogP contribution in [0.4, 0.5) is 0 Å². The van der Waals surface area contributed by atoms with E-state index in [9.17, 15) is 0 Å². The van der Waals surface area contributed by atoms with Crippen LogP contribution in [0.1, 0.15) is 29.7 Å². The molecular formula is C24H26N2OS. The van der Waals surface area contributed by atoms with E-state index in [1.54, 1.807) is 0 Å². The van der Waals surface area contributed by atoms with Crippen LogP contribution in [0.3, 0.4) is 0 Å². The van der Waals surface area contributed by atoms with Crippen molar-refractivity contribution in [3.63, 3.8) is 0 Å². The van der Waals surface area contributed by atoms with Gasteiger partial charge in [-0.15, -0.1) is 0 Å². The molecule has 0 atom stereocenters. The molecule has 0 unspecified atom stereocenters. The molecule has 0 aliphatic heterocycles. The van der Waals surface area contributed by atoms with E-state index in [4.69, 9.17) is 17.0 Å². The topological polar surface area (TPSA) is 33.3 Å². The second-order valence-corrected chi connectivity index (χ2v) is 6.89. The van der Waals surface area contributed by atoms with Crippen molar-refractivity contribution >= 4 is 17.3 Å². The molecule has 0 aromatic heterocycles. The molecule has 28 heavy (non-hydrogen) atoms. The maximum atomic E-state index is 5.56. The average Bonchev–Trinajstić information content (AvgIpc) is 2.75. The maximum Gasteiger partial charge on any atom is 0.167 e. The highest BCUT2D eigenvalue weighted by Crippen LogP contribution is 2.21. The zero-order valence-corrected chi connectivity index (χ0v) is 16.9. The number of nitrogens with one attached hydrogen (secondary N) is 2. The number of thiocarbonyl (C=S) groups is 1. The Labute approximate surface area is 172 Å². The fraction of sp³-hybridized carbons (Fsp3) is 0.208. The Hall–Kier alpha value is -2.85. The summed E-state index contributed by atoms with van der Waals surface area (Å²) in [5.74, 6) is 0.907. The fourth-order valence-electron chi connectivity index (χ4n) is 3.07. The van der Waals surface area contributed by atoms with Gasteiger partial charge in [-0.3, -0.25) is 0 Å². The Morgan fingerprint density at radius 3 is 1.96 bits per heavy atom. The normalized spacial score (nSPS) is 10.5. The molecule has 3 aromatic rings. The SMILES string of the molecule is CCOc1ccc(CCNC(=S)NC(c2ccccc2)c2ccccc2)cc1. The van der Waals surface area contributed by atoms with Crippen LogP contribution in [0, 0.1) is 0 Å². The Morgan fingerprint density at radius 2 is 1.43 bits per heavy atom. The second kappa shape index (κ2) is 10.5. The summed E-state index contributed by atoms with van der Waals surface area (Å²) < 4.78 is 5.48. The molecule has 0 saturated heterocycles. The van der Waals surface area contributed by atoms with Gasteiger partial charge >= 0.3 is 0 Å². The first-order chi connectivity index (χ1) is 13.8. The molecule has 3 rings (SSSR count). The largest absolute Gasteiger partial charge is 0.494 e. The van der Waals surface area contributed by atoms with Gasteiger partial charge in [0.05, 0.1) is 12.6 Å². The minimum atomic E-state index is 0.0212. The monoisotopic (exact) mass is 390 g/mol. The predicted octanol–water partition coefficient (Wildman–Crippen LogP) is 4.88. The lowest BCUT2D eigenvalue weighted by molar-refractivity contribution is 0.340. The molecular weight excluding hydrogens is 364 g/mol. The van der Waals surface area contributed by atoms with Crippen molar-refractivity contribution < 1.29 is 4.74 Å². The Bertz CT molecular complexity index is 811. The third-order valence-electron chi connectivity index (χ3n) is 4.47. The van der Waals surface area contributed by atoms with E-state index in [1.165, 1.54) is 16.7 Å². The average molecular weight is 391 g/mol. The highest BCUT2D eigenvalue weighted by atomic mass is 32.1. The first kappa shape index (κ1) is 19.9. The lowest BCUT2D eigenvalue weighted by Gasteiger charge is -2.22. The standard InChI is InChI=1S/C24H26N2OS/c1-2-27-22-15-13-19(14-16-22)17-18-25-24(28)26-23(20-9-5-3-6-10-20)21-11-7-4-8-12-21/h3-16,23H,2,17-18H2,1H3,(H2,25,26,28). The predicted molar refractivity (Wildman–Crippen MR) is 120 cm³/mol. The van der Waals surface area contributed by atoms with Crippen molar-refractivity contribution in [1.82, 2.24) is 10.6 Å². The molecule has 0 fully saturated rings. The van der Waals surface area contributed by atoms with Gasteiger partial charge in [-0.25, -0.2) is 0 Å². The Morgan fingerprint density at radius 1 is 0.857 bits per heavy atom. The van der Waals surface area contributed by atoms with Crippen LogP contribution >= 0.6 is 12.2 Å². The Kier molecular flexibility index (Phi) is 7.44. The first-order valence-electron chi connectivity index (χ1n) is 9.62. The third-order valence-corrected chi connectivity index (χ3v) is 4.74. The molecule has 2 N–H and O–H groups in total. The number of benzene rings is 3. The van der Waals surface area contributed by atoms with Crippen molar-refractivity contribution in [2.45, 2.75) is 19.4 Å². The van der Waals surface area contributed by atoms with E-state index in [-0.39, 0.29) is 6.04 Å². The van der Waals surface area contributed by atoms with Gasteiger partial charge in [-0.05, 0) is 54.4 Å². The van der Waals surface area contributed by atoms with E-state index >= 15 is 0 Å². The zero-order chi connectivity index (χ0) is 19.6. The Balaban J connectivity index is 1.57. The molecule has 0 aliphatic rings. The summed E-state index contributed by atoms with van der Waals surface area (Å²) >= 11 is 5.56. The summed E-state index contributed by atoms with van der Waals surface area (Å²) in [6.07, 6.45) is 0.898. The van der Waals surface area contributed by atoms with Crippen molar-refractivity contribution in [3.8, 4) is 5.75 Å². The van der Waals surface area contributed by atoms with Gasteiger partial charge in [0.25, 0.3) is 0 Å². The molecule has 0 spiro atoms. The van der Waals surface area contributed by atoms with Gasteiger partial charge in [0.1, 0.15) is 5.75 Å². The first-order valence-corrected chi connectivity index (χ1v) is 10.0. The van der Waals surface area contributed by atoms with Crippen LogP contribution in [0.15, 0.2) is 84.9 Å². The highest BCUT2D eigenvalue weighted by Gasteiger charge is 2.14. The molecule has 0 saturated carbocycles. The maximum absolute atomic E-state index is 5.56. The molecule has 0 heterocycles. The van der Waals surface area contributed by atoms with Crippen LogP contribution < -0.4 is 15.4 Å². The van der Waals surface area contributed by atoms with Gasteiger partial charge < -0.3 is 15.4 Å². The lowest BCUT2D eigenvalue weighted by atomic mass is 9.99. The smallest absolute Gasteiger partial charge is 0.167 e. The molecule has 144 valence electrons. The molecule has 0 radical (unpaired) electrons. The van der Waals surface area contributed by atoms with E-state index in [1.807, 2.05) is 31.2 Å². The van der Waals surface area contributed by atoms with E-state index in [0.29, 0.717) is 11.7 Å². The quantitative estimate of drug-likeness (QED) is 0.537. The minimum Gasteiger partial charge on any atom is -0.494 e. The highest BCUT2D eigenvalue weighted by molar-refractivity contribution is 7.80. The van der Waals surface area contributed by atoms with Gasteiger partial charge in [0.2, 0.25) is 0 Å². The number of hydrogen-bond donors (Lipinski definition) is 2. The third kappa shape index (κ3) is 5.83. The van der Waals surface area contributed by atoms with Crippen molar-refractivity contribution in [2.24, 2.45) is 0 Å². The van der Waals surface area contributed by atoms with Crippen LogP contribution in [0.5, 0.6) is 5.75 Å². The summed E-state index contributed by atoms with van der Waals surface area (Å²) in [5.41, 5.74) is 3.62. The van der Waals surface area contributed by atoms with Crippen LogP contribution in [-0.4, -0.2) is 18.3 Å². The summed E-state index contributed by atoms with van der Waals surface area (Å²) in [6.45, 7) is 3.45.